The van der Waals surface area contributed by atoms with Crippen molar-refractivity contribution < 1.29 is 14.6 Å². The van der Waals surface area contributed by atoms with Gasteiger partial charge in [-0.05, 0) is 42.7 Å². The Morgan fingerprint density at radius 3 is 2.48 bits per heavy atom. The van der Waals surface area contributed by atoms with E-state index in [0.717, 1.165) is 34.0 Å². The topological polar surface area (TPSA) is 63.5 Å². The number of nitrogens with zero attached hydrogens (tertiary/aromatic N) is 1. The molecule has 5 nitrogen and oxygen atoms in total. The predicted molar refractivity (Wildman–Crippen MR) is 132 cm³/mol. The minimum absolute atomic E-state index is 0.240. The molecule has 1 amide bonds. The number of hydrogen-bond acceptors (Lipinski definition) is 3. The van der Waals surface area contributed by atoms with Crippen molar-refractivity contribution in [1.29, 1.82) is 0 Å². The summed E-state index contributed by atoms with van der Waals surface area (Å²) in [5.41, 5.74) is 3.34. The molecule has 0 aliphatic carbocycles. The number of fused-ring (bicyclic) bond motifs is 1. The molecule has 4 rings (SSSR count). The highest BCUT2D eigenvalue weighted by atomic mass is 16.5. The Kier molecular flexibility index (Phi) is 6.52. The van der Waals surface area contributed by atoms with Crippen molar-refractivity contribution >= 4 is 16.8 Å². The number of aliphatic hydroxyl groups is 1. The molecule has 3 aromatic carbocycles. The van der Waals surface area contributed by atoms with Gasteiger partial charge in [-0.1, -0.05) is 61.5 Å². The van der Waals surface area contributed by atoms with Gasteiger partial charge < -0.3 is 19.7 Å². The number of rotatable bonds is 8. The number of amides is 1. The molecule has 0 aliphatic heterocycles. The van der Waals surface area contributed by atoms with E-state index in [1.165, 1.54) is 0 Å². The zero-order valence-electron chi connectivity index (χ0n) is 19.3. The third-order valence-corrected chi connectivity index (χ3v) is 5.99. The standard InChI is InChI=1S/C28H30N2O3/c1-4-16-33-26-15-14-21(20-10-6-5-7-11-20)17-23(26)27(32)29-28(2,19-31)24-18-30(3)25-13-9-8-12-22(24)25/h5-15,17-18,31H,4,16,19H2,1-3H3,(H,29,32)/t28-/m0/s1. The average Bonchev–Trinajstić information content (AvgIpc) is 3.20. The van der Waals surface area contributed by atoms with Crippen LogP contribution < -0.4 is 10.1 Å². The highest BCUT2D eigenvalue weighted by Gasteiger charge is 2.32. The molecule has 0 bridgehead atoms. The van der Waals surface area contributed by atoms with Gasteiger partial charge in [0.05, 0.1) is 24.3 Å². The van der Waals surface area contributed by atoms with Crippen LogP contribution in [0.4, 0.5) is 0 Å². The number of ether oxygens (including phenoxy) is 1. The molecule has 1 atom stereocenters. The van der Waals surface area contributed by atoms with Crippen LogP contribution in [-0.2, 0) is 12.6 Å². The van der Waals surface area contributed by atoms with Crippen LogP contribution in [-0.4, -0.2) is 28.8 Å². The zero-order chi connectivity index (χ0) is 23.4. The van der Waals surface area contributed by atoms with Crippen molar-refractivity contribution in [2.45, 2.75) is 25.8 Å². The highest BCUT2D eigenvalue weighted by Crippen LogP contribution is 2.32. The van der Waals surface area contributed by atoms with Crippen LogP contribution in [0.25, 0.3) is 22.0 Å². The maximum atomic E-state index is 13.6. The van der Waals surface area contributed by atoms with Crippen LogP contribution in [0.5, 0.6) is 5.75 Å². The summed E-state index contributed by atoms with van der Waals surface area (Å²) < 4.78 is 7.91. The Bertz CT molecular complexity index is 1260. The van der Waals surface area contributed by atoms with E-state index in [1.54, 1.807) is 0 Å². The Hall–Kier alpha value is -3.57. The fraction of sp³-hybridized carbons (Fsp3) is 0.250. The molecule has 0 saturated carbocycles. The maximum absolute atomic E-state index is 13.6. The van der Waals surface area contributed by atoms with Gasteiger partial charge in [0.15, 0.2) is 0 Å². The first kappa shape index (κ1) is 22.6. The van der Waals surface area contributed by atoms with Crippen molar-refractivity contribution in [3.63, 3.8) is 0 Å². The average molecular weight is 443 g/mol. The second kappa shape index (κ2) is 9.51. The predicted octanol–water partition coefficient (Wildman–Crippen LogP) is 5.27. The van der Waals surface area contributed by atoms with Crippen LogP contribution >= 0.6 is 0 Å². The van der Waals surface area contributed by atoms with E-state index in [-0.39, 0.29) is 12.5 Å². The summed E-state index contributed by atoms with van der Waals surface area (Å²) in [4.78, 5) is 13.6. The van der Waals surface area contributed by atoms with E-state index >= 15 is 0 Å². The summed E-state index contributed by atoms with van der Waals surface area (Å²) >= 11 is 0. The van der Waals surface area contributed by atoms with Gasteiger partial charge in [-0.2, -0.15) is 0 Å². The van der Waals surface area contributed by atoms with Gasteiger partial charge in [-0.25, -0.2) is 0 Å². The molecule has 0 fully saturated rings. The quantitative estimate of drug-likeness (QED) is 0.391. The fourth-order valence-electron chi connectivity index (χ4n) is 4.15. The molecule has 0 spiro atoms. The number of carbonyl (C=O) groups excluding carboxylic acids is 1. The Balaban J connectivity index is 1.73. The van der Waals surface area contributed by atoms with E-state index < -0.39 is 5.54 Å². The Morgan fingerprint density at radius 2 is 1.76 bits per heavy atom. The number of hydrogen-bond donors (Lipinski definition) is 2. The number of aromatic nitrogens is 1. The molecule has 5 heteroatoms. The van der Waals surface area contributed by atoms with E-state index in [9.17, 15) is 9.90 Å². The van der Waals surface area contributed by atoms with Crippen molar-refractivity contribution in [2.75, 3.05) is 13.2 Å². The smallest absolute Gasteiger partial charge is 0.255 e. The minimum Gasteiger partial charge on any atom is -0.493 e. The van der Waals surface area contributed by atoms with Gasteiger partial charge in [-0.3, -0.25) is 4.79 Å². The lowest BCUT2D eigenvalue weighted by Crippen LogP contribution is -2.46. The van der Waals surface area contributed by atoms with Gasteiger partial charge in [0.2, 0.25) is 0 Å². The van der Waals surface area contributed by atoms with Gasteiger partial charge in [0.1, 0.15) is 5.75 Å². The largest absolute Gasteiger partial charge is 0.493 e. The number of aliphatic hydroxyl groups excluding tert-OH is 1. The van der Waals surface area contributed by atoms with Crippen LogP contribution in [0.15, 0.2) is 79.0 Å². The molecular weight excluding hydrogens is 412 g/mol. The minimum atomic E-state index is -0.970. The van der Waals surface area contributed by atoms with Gasteiger partial charge in [0.25, 0.3) is 5.91 Å². The Morgan fingerprint density at radius 1 is 1.03 bits per heavy atom. The van der Waals surface area contributed by atoms with Crippen LogP contribution in [0.1, 0.15) is 36.2 Å². The van der Waals surface area contributed by atoms with Gasteiger partial charge in [-0.15, -0.1) is 0 Å². The molecule has 1 heterocycles. The molecule has 1 aromatic heterocycles. The van der Waals surface area contributed by atoms with E-state index in [0.29, 0.717) is 17.9 Å². The fourth-order valence-corrected chi connectivity index (χ4v) is 4.15. The van der Waals surface area contributed by atoms with E-state index in [2.05, 4.69) is 5.32 Å². The molecule has 0 saturated heterocycles. The third kappa shape index (κ3) is 4.50. The summed E-state index contributed by atoms with van der Waals surface area (Å²) in [6, 6.07) is 23.6. The van der Waals surface area contributed by atoms with E-state index in [1.807, 2.05) is 104 Å². The lowest BCUT2D eigenvalue weighted by molar-refractivity contribution is 0.0847. The summed E-state index contributed by atoms with van der Waals surface area (Å²) in [6.45, 7) is 4.16. The lowest BCUT2D eigenvalue weighted by Gasteiger charge is -2.29. The molecule has 170 valence electrons. The summed E-state index contributed by atoms with van der Waals surface area (Å²) in [7, 11) is 1.96. The summed E-state index contributed by atoms with van der Waals surface area (Å²) in [5, 5.41) is 14.5. The molecule has 2 N–H and O–H groups in total. The van der Waals surface area contributed by atoms with E-state index in [4.69, 9.17) is 4.74 Å². The SMILES string of the molecule is CCCOc1ccc(-c2ccccc2)cc1C(=O)N[C@@](C)(CO)c1cn(C)c2ccccc12. The first-order valence-electron chi connectivity index (χ1n) is 11.3. The number of nitrogens with one attached hydrogen (secondary N) is 1. The van der Waals surface area contributed by atoms with Gasteiger partial charge >= 0.3 is 0 Å². The van der Waals surface area contributed by atoms with Crippen molar-refractivity contribution in [3.8, 4) is 16.9 Å². The van der Waals surface area contributed by atoms with Crippen LogP contribution in [0.3, 0.4) is 0 Å². The molecular formula is C28H30N2O3. The molecule has 0 unspecified atom stereocenters. The molecule has 4 aromatic rings. The van der Waals surface area contributed by atoms with Crippen molar-refractivity contribution in [1.82, 2.24) is 9.88 Å². The second-order valence-electron chi connectivity index (χ2n) is 8.54. The Labute approximate surface area is 194 Å². The highest BCUT2D eigenvalue weighted by molar-refractivity contribution is 5.99. The maximum Gasteiger partial charge on any atom is 0.255 e. The van der Waals surface area contributed by atoms with Crippen molar-refractivity contribution in [3.05, 3.63) is 90.1 Å². The number of benzene rings is 3. The second-order valence-corrected chi connectivity index (χ2v) is 8.54. The number of aryl methyl sites for hydroxylation is 1. The lowest BCUT2D eigenvalue weighted by atomic mass is 9.91. The van der Waals surface area contributed by atoms with Crippen LogP contribution in [0, 0.1) is 0 Å². The third-order valence-electron chi connectivity index (χ3n) is 5.99. The first-order chi connectivity index (χ1) is 16.0. The summed E-state index contributed by atoms with van der Waals surface area (Å²) in [6.07, 6.45) is 2.81. The molecule has 0 radical (unpaired) electrons. The number of para-hydroxylation sites is 1. The summed E-state index contributed by atoms with van der Waals surface area (Å²) in [5.74, 6) is 0.246. The number of carbonyl (C=O) groups is 1. The molecule has 33 heavy (non-hydrogen) atoms. The zero-order valence-corrected chi connectivity index (χ0v) is 19.3. The van der Waals surface area contributed by atoms with Crippen molar-refractivity contribution in [2.24, 2.45) is 7.05 Å². The first-order valence-corrected chi connectivity index (χ1v) is 11.3. The van der Waals surface area contributed by atoms with Gasteiger partial charge in [0, 0.05) is 29.7 Å². The normalized spacial score (nSPS) is 13.0. The molecule has 0 aliphatic rings. The van der Waals surface area contributed by atoms with Crippen LogP contribution in [0.2, 0.25) is 0 Å². The monoisotopic (exact) mass is 442 g/mol.